The van der Waals surface area contributed by atoms with Gasteiger partial charge in [0, 0.05) is 0 Å². The molecule has 4 nitrogen and oxygen atoms in total. The highest BCUT2D eigenvalue weighted by Crippen LogP contribution is 2.19. The van der Waals surface area contributed by atoms with Gasteiger partial charge in [0.15, 0.2) is 0 Å². The van der Waals surface area contributed by atoms with Crippen molar-refractivity contribution in [3.05, 3.63) is 12.1 Å². The van der Waals surface area contributed by atoms with Crippen molar-refractivity contribution in [2.45, 2.75) is 58.7 Å². The maximum atomic E-state index is 9.10. The summed E-state index contributed by atoms with van der Waals surface area (Å²) >= 11 is 0. The number of hydrogen-bond acceptors (Lipinski definition) is 4. The molecule has 0 saturated carbocycles. The lowest BCUT2D eigenvalue weighted by atomic mass is 9.90. The third kappa shape index (κ3) is 11.7. The Morgan fingerprint density at radius 2 is 1.38 bits per heavy atom. The molecule has 0 bridgehead atoms. The van der Waals surface area contributed by atoms with Gasteiger partial charge >= 0.3 is 7.12 Å². The normalized spacial score (nSPS) is 12.3. The fourth-order valence-corrected chi connectivity index (χ4v) is 0.385. The van der Waals surface area contributed by atoms with Crippen LogP contribution in [0.4, 0.5) is 0 Å². The first-order valence-corrected chi connectivity index (χ1v) is 5.50. The second-order valence-corrected chi connectivity index (χ2v) is 4.75. The van der Waals surface area contributed by atoms with Crippen molar-refractivity contribution in [3.63, 3.8) is 0 Å². The first-order chi connectivity index (χ1) is 7.02. The van der Waals surface area contributed by atoms with Crippen LogP contribution in [0.25, 0.3) is 0 Å². The van der Waals surface area contributed by atoms with Gasteiger partial charge in [0.1, 0.15) is 0 Å². The van der Waals surface area contributed by atoms with Crippen LogP contribution in [0.1, 0.15) is 47.5 Å². The maximum absolute atomic E-state index is 9.10. The van der Waals surface area contributed by atoms with E-state index in [9.17, 15) is 0 Å². The minimum Gasteiger partial charge on any atom is -0.424 e. The van der Waals surface area contributed by atoms with E-state index in [1.807, 2.05) is 6.92 Å². The van der Waals surface area contributed by atoms with Gasteiger partial charge < -0.3 is 20.3 Å². The molecule has 0 atom stereocenters. The van der Waals surface area contributed by atoms with E-state index in [2.05, 4.69) is 0 Å². The van der Waals surface area contributed by atoms with Gasteiger partial charge in [-0.25, -0.2) is 0 Å². The minimum absolute atomic E-state index is 0.914. The minimum atomic E-state index is -1.28. The Labute approximate surface area is 98.8 Å². The molecule has 0 radical (unpaired) electrons. The molecular formula is C11H25BO4. The van der Waals surface area contributed by atoms with Crippen molar-refractivity contribution in [3.8, 4) is 0 Å². The second kappa shape index (κ2) is 7.84. The molecule has 96 valence electrons. The van der Waals surface area contributed by atoms with Crippen LogP contribution in [0.3, 0.4) is 0 Å². The van der Waals surface area contributed by atoms with Gasteiger partial charge in [0.2, 0.25) is 0 Å². The SMILES string of the molecule is CC(C)(O)C(C)(C)O.CCC/C=C/B(O)O. The molecule has 0 aliphatic heterocycles. The van der Waals surface area contributed by atoms with Crippen LogP contribution in [0.2, 0.25) is 0 Å². The molecular weight excluding hydrogens is 207 g/mol. The van der Waals surface area contributed by atoms with Crippen LogP contribution in [-0.2, 0) is 0 Å². The largest absolute Gasteiger partial charge is 0.480 e. The zero-order valence-electron chi connectivity index (χ0n) is 10.9. The van der Waals surface area contributed by atoms with Gasteiger partial charge in [-0.15, -0.1) is 0 Å². The van der Waals surface area contributed by atoms with Crippen LogP contribution in [0.15, 0.2) is 12.1 Å². The summed E-state index contributed by atoms with van der Waals surface area (Å²) in [5.41, 5.74) is -2.01. The Balaban J connectivity index is 0. The van der Waals surface area contributed by atoms with Crippen molar-refractivity contribution >= 4 is 7.12 Å². The van der Waals surface area contributed by atoms with Crippen LogP contribution < -0.4 is 0 Å². The Kier molecular flexibility index (Phi) is 8.83. The Morgan fingerprint density at radius 3 is 1.56 bits per heavy atom. The molecule has 0 fully saturated rings. The highest BCUT2D eigenvalue weighted by atomic mass is 16.4. The van der Waals surface area contributed by atoms with Gasteiger partial charge in [0.25, 0.3) is 0 Å². The van der Waals surface area contributed by atoms with Crippen molar-refractivity contribution in [2.75, 3.05) is 0 Å². The van der Waals surface area contributed by atoms with E-state index in [1.54, 1.807) is 33.8 Å². The Morgan fingerprint density at radius 1 is 1.00 bits per heavy atom. The number of aliphatic hydroxyl groups is 2. The average Bonchev–Trinajstić information content (AvgIpc) is 2.01. The molecule has 0 aromatic rings. The number of hydrogen-bond donors (Lipinski definition) is 4. The van der Waals surface area contributed by atoms with Crippen molar-refractivity contribution in [1.82, 2.24) is 0 Å². The predicted molar refractivity (Wildman–Crippen MR) is 66.8 cm³/mol. The lowest BCUT2D eigenvalue weighted by Gasteiger charge is -2.31. The summed E-state index contributed by atoms with van der Waals surface area (Å²) in [5, 5.41) is 34.7. The van der Waals surface area contributed by atoms with Crippen LogP contribution >= 0.6 is 0 Å². The van der Waals surface area contributed by atoms with Crippen LogP contribution in [-0.4, -0.2) is 38.6 Å². The van der Waals surface area contributed by atoms with E-state index in [-0.39, 0.29) is 0 Å². The van der Waals surface area contributed by atoms with E-state index >= 15 is 0 Å². The highest BCUT2D eigenvalue weighted by molar-refractivity contribution is 6.47. The monoisotopic (exact) mass is 232 g/mol. The molecule has 0 heterocycles. The standard InChI is InChI=1S/C6H14O2.C5H11BO2/c1-5(2,7)6(3,4)8;1-2-3-4-5-6(7)8/h7-8H,1-4H3;4-5,7-8H,2-3H2,1H3/b;5-4+. The summed E-state index contributed by atoms with van der Waals surface area (Å²) in [6, 6.07) is 0. The lowest BCUT2D eigenvalue weighted by Crippen LogP contribution is -2.44. The first-order valence-electron chi connectivity index (χ1n) is 5.50. The summed E-state index contributed by atoms with van der Waals surface area (Å²) < 4.78 is 0. The first kappa shape index (κ1) is 18.0. The summed E-state index contributed by atoms with van der Waals surface area (Å²) in [7, 11) is -1.28. The molecule has 0 unspecified atom stereocenters. The topological polar surface area (TPSA) is 80.9 Å². The Bertz CT molecular complexity index is 177. The molecule has 0 spiro atoms. The van der Waals surface area contributed by atoms with Crippen LogP contribution in [0, 0.1) is 0 Å². The summed E-state index contributed by atoms with van der Waals surface area (Å²) in [4.78, 5) is 0. The van der Waals surface area contributed by atoms with Crippen molar-refractivity contribution in [1.29, 1.82) is 0 Å². The number of rotatable bonds is 4. The zero-order valence-corrected chi connectivity index (χ0v) is 10.9. The average molecular weight is 232 g/mol. The van der Waals surface area contributed by atoms with E-state index in [4.69, 9.17) is 20.3 Å². The van der Waals surface area contributed by atoms with Crippen LogP contribution in [0.5, 0.6) is 0 Å². The fraction of sp³-hybridized carbons (Fsp3) is 0.818. The number of unbranched alkanes of at least 4 members (excludes halogenated alkanes) is 1. The number of allylic oxidation sites excluding steroid dienone is 1. The van der Waals surface area contributed by atoms with Gasteiger partial charge in [-0.3, -0.25) is 0 Å². The summed E-state index contributed by atoms with van der Waals surface area (Å²) in [6.45, 7) is 8.34. The molecule has 16 heavy (non-hydrogen) atoms. The molecule has 0 aliphatic rings. The molecule has 0 amide bonds. The van der Waals surface area contributed by atoms with Gasteiger partial charge in [-0.2, -0.15) is 0 Å². The van der Waals surface area contributed by atoms with E-state index in [0.717, 1.165) is 12.8 Å². The smallest absolute Gasteiger partial charge is 0.424 e. The fourth-order valence-electron chi connectivity index (χ4n) is 0.385. The summed E-state index contributed by atoms with van der Waals surface area (Å²) in [5.74, 6) is 1.36. The molecule has 0 aliphatic carbocycles. The summed E-state index contributed by atoms with van der Waals surface area (Å²) in [6.07, 6.45) is 3.71. The third-order valence-corrected chi connectivity index (χ3v) is 2.26. The van der Waals surface area contributed by atoms with E-state index in [0.29, 0.717) is 0 Å². The third-order valence-electron chi connectivity index (χ3n) is 2.26. The lowest BCUT2D eigenvalue weighted by molar-refractivity contribution is -0.107. The quantitative estimate of drug-likeness (QED) is 0.542. The molecule has 0 saturated heterocycles. The molecule has 5 heteroatoms. The van der Waals surface area contributed by atoms with Gasteiger partial charge in [-0.05, 0) is 34.1 Å². The molecule has 0 rings (SSSR count). The van der Waals surface area contributed by atoms with Crippen molar-refractivity contribution < 1.29 is 20.3 Å². The van der Waals surface area contributed by atoms with Gasteiger partial charge in [-0.1, -0.05) is 25.4 Å². The zero-order chi connectivity index (χ0) is 13.4. The molecule has 4 N–H and O–H groups in total. The second-order valence-electron chi connectivity index (χ2n) is 4.75. The molecule has 0 aromatic heterocycles. The predicted octanol–water partition coefficient (Wildman–Crippen LogP) is 0.883. The highest BCUT2D eigenvalue weighted by Gasteiger charge is 2.31. The Hall–Kier alpha value is -0.355. The maximum Gasteiger partial charge on any atom is 0.480 e. The van der Waals surface area contributed by atoms with E-state index in [1.165, 1.54) is 5.98 Å². The molecule has 0 aromatic carbocycles. The van der Waals surface area contributed by atoms with E-state index < -0.39 is 18.3 Å². The van der Waals surface area contributed by atoms with Gasteiger partial charge in [0.05, 0.1) is 11.2 Å². The van der Waals surface area contributed by atoms with Crippen molar-refractivity contribution in [2.24, 2.45) is 0 Å².